The number of hydrogen-bond donors (Lipinski definition) is 0. The summed E-state index contributed by atoms with van der Waals surface area (Å²) < 4.78 is 27.2. The van der Waals surface area contributed by atoms with E-state index >= 15 is 0 Å². The first-order chi connectivity index (χ1) is 14.8. The predicted molar refractivity (Wildman–Crippen MR) is 124 cm³/mol. The fraction of sp³-hybridized carbons (Fsp3) is 0.583. The number of nitrogens with zero attached hydrogens (tertiary/aromatic N) is 3. The Bertz CT molecular complexity index is 1040. The van der Waals surface area contributed by atoms with Gasteiger partial charge < -0.3 is 0 Å². The van der Waals surface area contributed by atoms with Gasteiger partial charge in [0, 0.05) is 16.8 Å². The van der Waals surface area contributed by atoms with E-state index in [0.29, 0.717) is 5.69 Å². The standard InChI is InChI=1S/C24H35N3O4S/c1-18-17-19(2)26(25-18)22(28)21(13-16-32(29,30)20-11-8-7-9-12-20)31-27-23(3,4)14-10-15-24(27,5)6/h7-9,11-12,17,21H,10,13-16H2,1-6H3. The van der Waals surface area contributed by atoms with E-state index in [9.17, 15) is 13.2 Å². The van der Waals surface area contributed by atoms with Crippen molar-refractivity contribution in [1.29, 1.82) is 0 Å². The molecule has 0 saturated carbocycles. The summed E-state index contributed by atoms with van der Waals surface area (Å²) in [4.78, 5) is 20.1. The minimum absolute atomic E-state index is 0.0388. The van der Waals surface area contributed by atoms with Crippen molar-refractivity contribution in [3.63, 3.8) is 0 Å². The first-order valence-electron chi connectivity index (χ1n) is 11.2. The average molecular weight is 462 g/mol. The molecule has 8 heteroatoms. The van der Waals surface area contributed by atoms with Gasteiger partial charge in [-0.3, -0.25) is 9.63 Å². The van der Waals surface area contributed by atoms with E-state index in [0.717, 1.165) is 25.0 Å². The molecule has 7 nitrogen and oxygen atoms in total. The third kappa shape index (κ3) is 5.30. The first-order valence-corrected chi connectivity index (χ1v) is 12.8. The Morgan fingerprint density at radius 3 is 2.22 bits per heavy atom. The van der Waals surface area contributed by atoms with Crippen LogP contribution in [0.15, 0.2) is 41.3 Å². The maximum atomic E-state index is 13.5. The van der Waals surface area contributed by atoms with Crippen molar-refractivity contribution in [2.75, 3.05) is 5.75 Å². The molecule has 1 aliphatic rings. The fourth-order valence-corrected chi connectivity index (χ4v) is 5.94. The number of hydroxylamine groups is 2. The lowest BCUT2D eigenvalue weighted by Crippen LogP contribution is -2.60. The molecule has 1 atom stereocenters. The predicted octanol–water partition coefficient (Wildman–Crippen LogP) is 4.35. The van der Waals surface area contributed by atoms with Crippen LogP contribution in [0.2, 0.25) is 0 Å². The Kier molecular flexibility index (Phi) is 6.98. The topological polar surface area (TPSA) is 81.5 Å². The van der Waals surface area contributed by atoms with Crippen LogP contribution >= 0.6 is 0 Å². The zero-order chi connectivity index (χ0) is 23.7. The van der Waals surface area contributed by atoms with Gasteiger partial charge in [-0.15, -0.1) is 0 Å². The van der Waals surface area contributed by atoms with Crippen LogP contribution in [0.5, 0.6) is 0 Å². The fourth-order valence-electron chi connectivity index (χ4n) is 4.61. The highest BCUT2D eigenvalue weighted by atomic mass is 32.2. The number of carbonyl (C=O) groups is 1. The van der Waals surface area contributed by atoms with Crippen molar-refractivity contribution < 1.29 is 18.0 Å². The number of sulfone groups is 1. The van der Waals surface area contributed by atoms with E-state index in [2.05, 4.69) is 32.8 Å². The molecule has 0 amide bonds. The molecule has 0 spiro atoms. The van der Waals surface area contributed by atoms with Gasteiger partial charge in [-0.1, -0.05) is 18.2 Å². The van der Waals surface area contributed by atoms with E-state index in [1.54, 1.807) is 30.3 Å². The zero-order valence-corrected chi connectivity index (χ0v) is 20.8. The van der Waals surface area contributed by atoms with E-state index in [1.165, 1.54) is 4.68 Å². The van der Waals surface area contributed by atoms with Crippen LogP contribution in [0.25, 0.3) is 0 Å². The molecule has 2 aromatic rings. The summed E-state index contributed by atoms with van der Waals surface area (Å²) in [5, 5.41) is 6.23. The second kappa shape index (κ2) is 9.08. The van der Waals surface area contributed by atoms with Gasteiger partial charge in [0.2, 0.25) is 0 Å². The van der Waals surface area contributed by atoms with Crippen molar-refractivity contribution in [2.24, 2.45) is 0 Å². The molecule has 1 aliphatic heterocycles. The van der Waals surface area contributed by atoms with E-state index in [1.807, 2.05) is 25.0 Å². The Morgan fingerprint density at radius 1 is 1.09 bits per heavy atom. The average Bonchev–Trinajstić information content (AvgIpc) is 3.04. The van der Waals surface area contributed by atoms with Gasteiger partial charge in [0.05, 0.1) is 16.3 Å². The summed E-state index contributed by atoms with van der Waals surface area (Å²) in [7, 11) is -3.55. The largest absolute Gasteiger partial charge is 0.285 e. The van der Waals surface area contributed by atoms with Gasteiger partial charge in [0.15, 0.2) is 15.9 Å². The van der Waals surface area contributed by atoms with Crippen LogP contribution < -0.4 is 0 Å². The van der Waals surface area contributed by atoms with Crippen molar-refractivity contribution in [3.05, 3.63) is 47.8 Å². The molecule has 1 aromatic heterocycles. The van der Waals surface area contributed by atoms with Gasteiger partial charge >= 0.3 is 0 Å². The van der Waals surface area contributed by atoms with Crippen LogP contribution in [0.1, 0.15) is 69.6 Å². The summed E-state index contributed by atoms with van der Waals surface area (Å²) in [6.45, 7) is 12.0. The molecular formula is C24H35N3O4S. The maximum Gasteiger partial charge on any atom is 0.278 e. The molecule has 0 bridgehead atoms. The molecule has 2 heterocycles. The van der Waals surface area contributed by atoms with Gasteiger partial charge in [-0.05, 0) is 85.4 Å². The highest BCUT2D eigenvalue weighted by Gasteiger charge is 2.45. The zero-order valence-electron chi connectivity index (χ0n) is 20.0. The number of piperidine rings is 1. The molecule has 0 radical (unpaired) electrons. The SMILES string of the molecule is Cc1cc(C)n(C(=O)C(CCS(=O)(=O)c2ccccc2)ON2C(C)(C)CCCC2(C)C)n1. The molecule has 1 fully saturated rings. The number of aromatic nitrogens is 2. The Morgan fingerprint density at radius 2 is 1.69 bits per heavy atom. The van der Waals surface area contributed by atoms with Crippen LogP contribution in [0.3, 0.4) is 0 Å². The normalized spacial score (nSPS) is 19.6. The van der Waals surface area contributed by atoms with Crippen LogP contribution in [-0.4, -0.2) is 52.1 Å². The molecular weight excluding hydrogens is 426 g/mol. The molecule has 176 valence electrons. The third-order valence-electron chi connectivity index (χ3n) is 6.15. The number of benzene rings is 1. The van der Waals surface area contributed by atoms with Crippen molar-refractivity contribution in [3.8, 4) is 0 Å². The molecule has 0 aliphatic carbocycles. The summed E-state index contributed by atoms with van der Waals surface area (Å²) in [6.07, 6.45) is 2.00. The summed E-state index contributed by atoms with van der Waals surface area (Å²) in [5.41, 5.74) is 0.857. The maximum absolute atomic E-state index is 13.5. The van der Waals surface area contributed by atoms with E-state index < -0.39 is 15.9 Å². The van der Waals surface area contributed by atoms with Crippen molar-refractivity contribution in [2.45, 2.75) is 89.3 Å². The molecule has 1 aromatic carbocycles. The van der Waals surface area contributed by atoms with Crippen molar-refractivity contribution in [1.82, 2.24) is 14.8 Å². The molecule has 1 unspecified atom stereocenters. The third-order valence-corrected chi connectivity index (χ3v) is 7.92. The number of carbonyl (C=O) groups excluding carboxylic acids is 1. The van der Waals surface area contributed by atoms with E-state index in [-0.39, 0.29) is 34.1 Å². The number of aryl methyl sites for hydroxylation is 2. The van der Waals surface area contributed by atoms with Gasteiger partial charge in [-0.2, -0.15) is 10.2 Å². The quantitative estimate of drug-likeness (QED) is 0.610. The molecule has 3 rings (SSSR count). The van der Waals surface area contributed by atoms with Crippen molar-refractivity contribution >= 4 is 15.7 Å². The molecule has 1 saturated heterocycles. The summed E-state index contributed by atoms with van der Waals surface area (Å²) in [6, 6.07) is 10.1. The molecule has 32 heavy (non-hydrogen) atoms. The second-order valence-corrected chi connectivity index (χ2v) is 12.1. The lowest BCUT2D eigenvalue weighted by Gasteiger charge is -2.52. The highest BCUT2D eigenvalue weighted by Crippen LogP contribution is 2.39. The number of rotatable bonds is 7. The van der Waals surface area contributed by atoms with E-state index in [4.69, 9.17) is 4.84 Å². The Balaban J connectivity index is 1.91. The minimum atomic E-state index is -3.55. The van der Waals surface area contributed by atoms with Crippen LogP contribution in [-0.2, 0) is 14.7 Å². The Hall–Kier alpha value is -2.03. The lowest BCUT2D eigenvalue weighted by atomic mass is 9.82. The number of hydrogen-bond acceptors (Lipinski definition) is 6. The minimum Gasteiger partial charge on any atom is -0.285 e. The Labute approximate surface area is 191 Å². The monoisotopic (exact) mass is 461 g/mol. The lowest BCUT2D eigenvalue weighted by molar-refractivity contribution is -0.295. The van der Waals surface area contributed by atoms with Crippen LogP contribution in [0, 0.1) is 13.8 Å². The van der Waals surface area contributed by atoms with Gasteiger partial charge in [0.25, 0.3) is 5.91 Å². The van der Waals surface area contributed by atoms with Gasteiger partial charge in [-0.25, -0.2) is 13.1 Å². The summed E-state index contributed by atoms with van der Waals surface area (Å²) >= 11 is 0. The molecule has 0 N–H and O–H groups in total. The van der Waals surface area contributed by atoms with Crippen LogP contribution in [0.4, 0.5) is 0 Å². The highest BCUT2D eigenvalue weighted by molar-refractivity contribution is 7.91. The summed E-state index contributed by atoms with van der Waals surface area (Å²) in [5.74, 6) is -0.544. The smallest absolute Gasteiger partial charge is 0.278 e. The van der Waals surface area contributed by atoms with Gasteiger partial charge in [0.1, 0.15) is 0 Å². The second-order valence-electron chi connectivity index (χ2n) is 9.96. The first kappa shape index (κ1) is 24.6.